The van der Waals surface area contributed by atoms with Crippen LogP contribution >= 0.6 is 0 Å². The summed E-state index contributed by atoms with van der Waals surface area (Å²) in [5.41, 5.74) is 4.88. The average Bonchev–Trinajstić information content (AvgIpc) is 3.09. The van der Waals surface area contributed by atoms with E-state index in [1.165, 1.54) is 7.11 Å². The Morgan fingerprint density at radius 1 is 1.14 bits per heavy atom. The molecule has 0 unspecified atom stereocenters. The minimum Gasteiger partial charge on any atom is -0.476 e. The standard InChI is InChI=1S/C18H17NO3/c1-12-11-15(17-19-9-10-22-17)7-8-16(12)13-3-5-14(6-4-13)18(20)21-2/h3-8,11H,9-10H2,1-2H3. The SMILES string of the molecule is COC(=O)c1ccc(-c2ccc(C3=NCCO3)cc2C)cc1. The first kappa shape index (κ1) is 14.3. The maximum absolute atomic E-state index is 11.5. The van der Waals surface area contributed by atoms with Crippen molar-refractivity contribution in [3.8, 4) is 11.1 Å². The van der Waals surface area contributed by atoms with Gasteiger partial charge >= 0.3 is 5.97 Å². The minimum absolute atomic E-state index is 0.324. The monoisotopic (exact) mass is 295 g/mol. The Morgan fingerprint density at radius 3 is 2.45 bits per heavy atom. The number of hydrogen-bond acceptors (Lipinski definition) is 4. The normalized spacial score (nSPS) is 13.5. The van der Waals surface area contributed by atoms with Gasteiger partial charge in [0.2, 0.25) is 5.90 Å². The molecule has 0 aromatic heterocycles. The number of methoxy groups -OCH3 is 1. The van der Waals surface area contributed by atoms with Crippen LogP contribution < -0.4 is 0 Å². The van der Waals surface area contributed by atoms with Crippen molar-refractivity contribution in [1.29, 1.82) is 0 Å². The number of ether oxygens (including phenoxy) is 2. The number of nitrogens with zero attached hydrogens (tertiary/aromatic N) is 1. The van der Waals surface area contributed by atoms with Crippen LogP contribution in [-0.4, -0.2) is 32.1 Å². The van der Waals surface area contributed by atoms with Crippen molar-refractivity contribution in [2.75, 3.05) is 20.3 Å². The maximum Gasteiger partial charge on any atom is 0.337 e. The second-order valence-electron chi connectivity index (χ2n) is 5.13. The van der Waals surface area contributed by atoms with Gasteiger partial charge in [-0.1, -0.05) is 18.2 Å². The number of benzene rings is 2. The van der Waals surface area contributed by atoms with E-state index >= 15 is 0 Å². The Hall–Kier alpha value is -2.62. The van der Waals surface area contributed by atoms with Crippen LogP contribution in [0.3, 0.4) is 0 Å². The van der Waals surface area contributed by atoms with Crippen molar-refractivity contribution in [2.24, 2.45) is 4.99 Å². The van der Waals surface area contributed by atoms with Crippen molar-refractivity contribution in [3.05, 3.63) is 59.2 Å². The summed E-state index contributed by atoms with van der Waals surface area (Å²) in [5.74, 6) is 0.394. The maximum atomic E-state index is 11.5. The molecule has 0 amide bonds. The zero-order valence-corrected chi connectivity index (χ0v) is 12.6. The molecular weight excluding hydrogens is 278 g/mol. The van der Waals surface area contributed by atoms with E-state index in [1.54, 1.807) is 12.1 Å². The van der Waals surface area contributed by atoms with Crippen molar-refractivity contribution in [3.63, 3.8) is 0 Å². The van der Waals surface area contributed by atoms with Crippen molar-refractivity contribution in [1.82, 2.24) is 0 Å². The molecule has 112 valence electrons. The molecule has 0 bridgehead atoms. The van der Waals surface area contributed by atoms with Gasteiger partial charge in [-0.25, -0.2) is 9.79 Å². The van der Waals surface area contributed by atoms with Gasteiger partial charge in [-0.15, -0.1) is 0 Å². The number of aliphatic imine (C=N–C) groups is 1. The summed E-state index contributed by atoms with van der Waals surface area (Å²) >= 11 is 0. The topological polar surface area (TPSA) is 47.9 Å². The average molecular weight is 295 g/mol. The van der Waals surface area contributed by atoms with Crippen LogP contribution in [0.4, 0.5) is 0 Å². The highest BCUT2D eigenvalue weighted by Crippen LogP contribution is 2.25. The third kappa shape index (κ3) is 2.72. The number of carbonyl (C=O) groups excluding carboxylic acids is 1. The first-order chi connectivity index (χ1) is 10.7. The number of carbonyl (C=O) groups is 1. The molecule has 4 heteroatoms. The van der Waals surface area contributed by atoms with E-state index in [2.05, 4.69) is 24.0 Å². The summed E-state index contributed by atoms with van der Waals surface area (Å²) in [7, 11) is 1.38. The van der Waals surface area contributed by atoms with Crippen LogP contribution in [0, 0.1) is 6.92 Å². The van der Waals surface area contributed by atoms with Gasteiger partial charge in [-0.05, 0) is 47.9 Å². The van der Waals surface area contributed by atoms with E-state index in [0.717, 1.165) is 34.7 Å². The second-order valence-corrected chi connectivity index (χ2v) is 5.13. The minimum atomic E-state index is -0.324. The lowest BCUT2D eigenvalue weighted by Crippen LogP contribution is -2.02. The molecule has 0 spiro atoms. The summed E-state index contributed by atoms with van der Waals surface area (Å²) in [5, 5.41) is 0. The Morgan fingerprint density at radius 2 is 1.86 bits per heavy atom. The van der Waals surface area contributed by atoms with Crippen LogP contribution in [-0.2, 0) is 9.47 Å². The summed E-state index contributed by atoms with van der Waals surface area (Å²) in [4.78, 5) is 15.8. The molecule has 4 nitrogen and oxygen atoms in total. The van der Waals surface area contributed by atoms with E-state index in [9.17, 15) is 4.79 Å². The molecule has 0 atom stereocenters. The van der Waals surface area contributed by atoms with Crippen LogP contribution in [0.5, 0.6) is 0 Å². The fourth-order valence-electron chi connectivity index (χ4n) is 2.53. The first-order valence-electron chi connectivity index (χ1n) is 7.16. The number of hydrogen-bond donors (Lipinski definition) is 0. The van der Waals surface area contributed by atoms with Gasteiger partial charge in [0, 0.05) is 5.56 Å². The molecule has 2 aromatic rings. The lowest BCUT2D eigenvalue weighted by Gasteiger charge is -2.09. The van der Waals surface area contributed by atoms with E-state index < -0.39 is 0 Å². The molecule has 0 saturated carbocycles. The van der Waals surface area contributed by atoms with Gasteiger partial charge in [0.15, 0.2) is 0 Å². The van der Waals surface area contributed by atoms with Gasteiger partial charge < -0.3 is 9.47 Å². The first-order valence-corrected chi connectivity index (χ1v) is 7.16. The predicted molar refractivity (Wildman–Crippen MR) is 85.3 cm³/mol. The van der Waals surface area contributed by atoms with Crippen LogP contribution in [0.2, 0.25) is 0 Å². The molecule has 1 aliphatic rings. The van der Waals surface area contributed by atoms with Gasteiger partial charge in [0.1, 0.15) is 6.61 Å². The Labute approximate surface area is 129 Å². The van der Waals surface area contributed by atoms with Gasteiger partial charge in [-0.3, -0.25) is 0 Å². The highest BCUT2D eigenvalue weighted by molar-refractivity contribution is 5.96. The third-order valence-corrected chi connectivity index (χ3v) is 3.68. The molecule has 1 aliphatic heterocycles. The quantitative estimate of drug-likeness (QED) is 0.817. The number of esters is 1. The third-order valence-electron chi connectivity index (χ3n) is 3.68. The lowest BCUT2D eigenvalue weighted by atomic mass is 9.97. The highest BCUT2D eigenvalue weighted by atomic mass is 16.5. The fourth-order valence-corrected chi connectivity index (χ4v) is 2.53. The van der Waals surface area contributed by atoms with Gasteiger partial charge in [0.05, 0.1) is 19.2 Å². The smallest absolute Gasteiger partial charge is 0.337 e. The van der Waals surface area contributed by atoms with E-state index in [0.29, 0.717) is 12.2 Å². The van der Waals surface area contributed by atoms with Gasteiger partial charge in [0.25, 0.3) is 0 Å². The second kappa shape index (κ2) is 6.02. The van der Waals surface area contributed by atoms with Crippen molar-refractivity contribution >= 4 is 11.9 Å². The Balaban J connectivity index is 1.90. The number of rotatable bonds is 3. The van der Waals surface area contributed by atoms with Crippen LogP contribution in [0.25, 0.3) is 11.1 Å². The molecule has 22 heavy (non-hydrogen) atoms. The molecule has 0 aliphatic carbocycles. The molecule has 0 radical (unpaired) electrons. The van der Waals surface area contributed by atoms with Crippen molar-refractivity contribution < 1.29 is 14.3 Å². The van der Waals surface area contributed by atoms with Crippen molar-refractivity contribution in [2.45, 2.75) is 6.92 Å². The highest BCUT2D eigenvalue weighted by Gasteiger charge is 2.12. The fraction of sp³-hybridized carbons (Fsp3) is 0.222. The lowest BCUT2D eigenvalue weighted by molar-refractivity contribution is 0.0601. The van der Waals surface area contributed by atoms with E-state index in [4.69, 9.17) is 9.47 Å². The van der Waals surface area contributed by atoms with Crippen LogP contribution in [0.15, 0.2) is 47.5 Å². The largest absolute Gasteiger partial charge is 0.476 e. The summed E-state index contributed by atoms with van der Waals surface area (Å²) < 4.78 is 10.2. The zero-order chi connectivity index (χ0) is 15.5. The predicted octanol–water partition coefficient (Wildman–Crippen LogP) is 3.23. The summed E-state index contributed by atoms with van der Waals surface area (Å²) in [6.45, 7) is 3.44. The Bertz CT molecular complexity index is 732. The summed E-state index contributed by atoms with van der Waals surface area (Å²) in [6, 6.07) is 13.6. The Kier molecular flexibility index (Phi) is 3.92. The van der Waals surface area contributed by atoms with Gasteiger partial charge in [-0.2, -0.15) is 0 Å². The summed E-state index contributed by atoms with van der Waals surface area (Å²) in [6.07, 6.45) is 0. The van der Waals surface area contributed by atoms with E-state index in [-0.39, 0.29) is 5.97 Å². The molecule has 2 aromatic carbocycles. The molecule has 0 saturated heterocycles. The molecule has 1 heterocycles. The molecule has 0 N–H and O–H groups in total. The zero-order valence-electron chi connectivity index (χ0n) is 12.6. The molecular formula is C18H17NO3. The van der Waals surface area contributed by atoms with E-state index in [1.807, 2.05) is 18.2 Å². The van der Waals surface area contributed by atoms with Crippen LogP contribution in [0.1, 0.15) is 21.5 Å². The molecule has 3 rings (SSSR count). The molecule has 0 fully saturated rings. The number of aryl methyl sites for hydroxylation is 1.